The fraction of sp³-hybridized carbons (Fsp3) is 0.500. The fourth-order valence-corrected chi connectivity index (χ4v) is 4.66. The molecule has 2 aliphatic rings. The molecule has 0 spiro atoms. The number of nitrogens with zero attached hydrogens (tertiary/aromatic N) is 1. The zero-order valence-corrected chi connectivity index (χ0v) is 14.1. The zero-order valence-electron chi connectivity index (χ0n) is 11.7. The number of thioether (sulfide) groups is 1. The Morgan fingerprint density at radius 1 is 1.27 bits per heavy atom. The van der Waals surface area contributed by atoms with Crippen molar-refractivity contribution in [2.24, 2.45) is 0 Å². The first-order valence-corrected chi connectivity index (χ1v) is 9.29. The maximum atomic E-state index is 12.3. The van der Waals surface area contributed by atoms with Crippen LogP contribution in [0.1, 0.15) is 35.4 Å². The topological polar surface area (TPSA) is 66.5 Å². The Morgan fingerprint density at radius 3 is 2.68 bits per heavy atom. The minimum atomic E-state index is -0.233. The lowest BCUT2D eigenvalue weighted by molar-refractivity contribution is -0.127. The molecule has 1 aliphatic heterocycles. The molecular weight excluding hydrogens is 344 g/mol. The maximum absolute atomic E-state index is 12.3. The molecule has 3 amide bonds. The molecule has 1 N–H and O–H groups in total. The number of carbonyl (C=O) groups is 3. The third-order valence-corrected chi connectivity index (χ3v) is 6.02. The van der Waals surface area contributed by atoms with Crippen molar-refractivity contribution < 1.29 is 14.4 Å². The molecule has 0 unspecified atom stereocenters. The van der Waals surface area contributed by atoms with E-state index in [2.05, 4.69) is 5.32 Å². The standard InChI is InChI=1S/C14H15ClN2O3S2/c15-11-6-5-10(22-11)13(19)16-8-3-1-2-4-9(8)17-12(18)7-21-14(17)20/h5-6,8-9H,1-4,7H2,(H,16,19)/t8-,9+/m1/s1. The largest absolute Gasteiger partial charge is 0.347 e. The van der Waals surface area contributed by atoms with Gasteiger partial charge >= 0.3 is 0 Å². The van der Waals surface area contributed by atoms with Gasteiger partial charge in [-0.05, 0) is 25.0 Å². The van der Waals surface area contributed by atoms with Crippen LogP contribution in [0.3, 0.4) is 0 Å². The van der Waals surface area contributed by atoms with E-state index in [-0.39, 0.29) is 34.9 Å². The molecule has 2 atom stereocenters. The highest BCUT2D eigenvalue weighted by atomic mass is 35.5. The van der Waals surface area contributed by atoms with Crippen LogP contribution in [0.5, 0.6) is 0 Å². The lowest BCUT2D eigenvalue weighted by Gasteiger charge is -2.36. The van der Waals surface area contributed by atoms with E-state index in [1.807, 2.05) is 0 Å². The molecule has 8 heteroatoms. The quantitative estimate of drug-likeness (QED) is 0.901. The van der Waals surface area contributed by atoms with Crippen molar-refractivity contribution in [1.82, 2.24) is 10.2 Å². The van der Waals surface area contributed by atoms with Crippen molar-refractivity contribution in [3.63, 3.8) is 0 Å². The third-order valence-electron chi connectivity index (χ3n) is 3.96. The van der Waals surface area contributed by atoms with Gasteiger partial charge in [0.1, 0.15) is 0 Å². The first-order valence-electron chi connectivity index (χ1n) is 7.11. The molecule has 118 valence electrons. The van der Waals surface area contributed by atoms with E-state index >= 15 is 0 Å². The Hall–Kier alpha value is -1.05. The van der Waals surface area contributed by atoms with E-state index in [1.165, 1.54) is 16.2 Å². The monoisotopic (exact) mass is 358 g/mol. The van der Waals surface area contributed by atoms with Crippen LogP contribution in [-0.4, -0.2) is 39.8 Å². The number of amides is 3. The average molecular weight is 359 g/mol. The lowest BCUT2D eigenvalue weighted by Crippen LogP contribution is -2.54. The Balaban J connectivity index is 1.74. The average Bonchev–Trinajstić information content (AvgIpc) is 3.06. The highest BCUT2D eigenvalue weighted by Gasteiger charge is 2.41. The number of nitrogens with one attached hydrogen (secondary N) is 1. The predicted octanol–water partition coefficient (Wildman–Crippen LogP) is 3.14. The SMILES string of the molecule is O=C(N[C@@H]1CCCC[C@@H]1N1C(=O)CSC1=O)c1ccc(Cl)s1. The summed E-state index contributed by atoms with van der Waals surface area (Å²) in [5.74, 6) is -0.142. The number of hydrogen-bond acceptors (Lipinski definition) is 5. The van der Waals surface area contributed by atoms with E-state index in [1.54, 1.807) is 12.1 Å². The van der Waals surface area contributed by atoms with Gasteiger partial charge in [-0.3, -0.25) is 19.3 Å². The van der Waals surface area contributed by atoms with Crippen LogP contribution < -0.4 is 5.32 Å². The van der Waals surface area contributed by atoms with Crippen LogP contribution in [-0.2, 0) is 4.79 Å². The second-order valence-electron chi connectivity index (χ2n) is 5.35. The van der Waals surface area contributed by atoms with Crippen LogP contribution in [0.4, 0.5) is 4.79 Å². The smallest absolute Gasteiger partial charge is 0.289 e. The minimum Gasteiger partial charge on any atom is -0.347 e. The summed E-state index contributed by atoms with van der Waals surface area (Å²) in [6, 6.07) is 2.95. The highest BCUT2D eigenvalue weighted by Crippen LogP contribution is 2.30. The van der Waals surface area contributed by atoms with E-state index in [0.717, 1.165) is 37.4 Å². The Morgan fingerprint density at radius 2 is 2.05 bits per heavy atom. The first kappa shape index (κ1) is 15.8. The second-order valence-corrected chi connectivity index (χ2v) is 8.00. The van der Waals surface area contributed by atoms with Crippen molar-refractivity contribution in [2.75, 3.05) is 5.75 Å². The van der Waals surface area contributed by atoms with Crippen molar-refractivity contribution in [3.05, 3.63) is 21.3 Å². The molecular formula is C14H15ClN2O3S2. The van der Waals surface area contributed by atoms with E-state index < -0.39 is 0 Å². The van der Waals surface area contributed by atoms with E-state index in [0.29, 0.717) is 9.21 Å². The fourth-order valence-electron chi connectivity index (χ4n) is 2.95. The van der Waals surface area contributed by atoms with Crippen molar-refractivity contribution >= 4 is 51.8 Å². The number of imide groups is 1. The molecule has 1 saturated heterocycles. The van der Waals surface area contributed by atoms with Gasteiger partial charge in [0.2, 0.25) is 5.91 Å². The summed E-state index contributed by atoms with van der Waals surface area (Å²) in [6.07, 6.45) is 3.46. The van der Waals surface area contributed by atoms with E-state index in [4.69, 9.17) is 11.6 Å². The van der Waals surface area contributed by atoms with Gasteiger partial charge in [0.15, 0.2) is 0 Å². The lowest BCUT2D eigenvalue weighted by atomic mass is 9.89. The third kappa shape index (κ3) is 3.16. The van der Waals surface area contributed by atoms with Gasteiger partial charge in [-0.15, -0.1) is 11.3 Å². The van der Waals surface area contributed by atoms with Crippen LogP contribution in [0.2, 0.25) is 4.34 Å². The molecule has 0 aromatic carbocycles. The molecule has 2 heterocycles. The summed E-state index contributed by atoms with van der Waals surface area (Å²) in [4.78, 5) is 38.1. The molecule has 1 aromatic heterocycles. The van der Waals surface area contributed by atoms with Crippen LogP contribution in [0, 0.1) is 0 Å². The van der Waals surface area contributed by atoms with Gasteiger partial charge in [0.05, 0.1) is 27.1 Å². The number of hydrogen-bond donors (Lipinski definition) is 1. The first-order chi connectivity index (χ1) is 10.6. The highest BCUT2D eigenvalue weighted by molar-refractivity contribution is 8.14. The van der Waals surface area contributed by atoms with Crippen molar-refractivity contribution in [1.29, 1.82) is 0 Å². The molecule has 3 rings (SSSR count). The van der Waals surface area contributed by atoms with E-state index in [9.17, 15) is 14.4 Å². The normalized spacial score (nSPS) is 25.6. The van der Waals surface area contributed by atoms with Gasteiger partial charge in [0, 0.05) is 0 Å². The van der Waals surface area contributed by atoms with Gasteiger partial charge in [-0.25, -0.2) is 0 Å². The molecule has 1 saturated carbocycles. The molecule has 5 nitrogen and oxygen atoms in total. The zero-order chi connectivity index (χ0) is 15.7. The Labute approximate surface area is 141 Å². The van der Waals surface area contributed by atoms with Crippen LogP contribution in [0.15, 0.2) is 12.1 Å². The van der Waals surface area contributed by atoms with Gasteiger partial charge < -0.3 is 5.32 Å². The molecule has 1 aromatic rings. The molecule has 0 bridgehead atoms. The molecule has 2 fully saturated rings. The summed E-state index contributed by atoms with van der Waals surface area (Å²) in [6.45, 7) is 0. The Kier molecular flexibility index (Phi) is 4.75. The van der Waals surface area contributed by atoms with Crippen molar-refractivity contribution in [3.8, 4) is 0 Å². The molecule has 1 aliphatic carbocycles. The van der Waals surface area contributed by atoms with Gasteiger partial charge in [-0.2, -0.15) is 0 Å². The maximum Gasteiger partial charge on any atom is 0.289 e. The second kappa shape index (κ2) is 6.60. The van der Waals surface area contributed by atoms with Crippen LogP contribution in [0.25, 0.3) is 0 Å². The Bertz CT molecular complexity index is 603. The number of rotatable bonds is 3. The molecule has 0 radical (unpaired) electrons. The van der Waals surface area contributed by atoms with Crippen LogP contribution >= 0.6 is 34.7 Å². The summed E-state index contributed by atoms with van der Waals surface area (Å²) < 4.78 is 0.562. The van der Waals surface area contributed by atoms with Gasteiger partial charge in [0.25, 0.3) is 11.1 Å². The van der Waals surface area contributed by atoms with Crippen molar-refractivity contribution in [2.45, 2.75) is 37.8 Å². The molecule has 22 heavy (non-hydrogen) atoms. The van der Waals surface area contributed by atoms with Gasteiger partial charge in [-0.1, -0.05) is 36.2 Å². The summed E-state index contributed by atoms with van der Waals surface area (Å²) >= 11 is 8.11. The minimum absolute atomic E-state index is 0.152. The number of carbonyl (C=O) groups excluding carboxylic acids is 3. The summed E-state index contributed by atoms with van der Waals surface area (Å²) in [5.41, 5.74) is 0. The predicted molar refractivity (Wildman–Crippen MR) is 87.5 cm³/mol. The number of halogens is 1. The summed E-state index contributed by atoms with van der Waals surface area (Å²) in [5, 5.41) is 2.78. The summed E-state index contributed by atoms with van der Waals surface area (Å²) in [7, 11) is 0. The number of thiophene rings is 1.